The fourth-order valence-electron chi connectivity index (χ4n) is 8.10. The lowest BCUT2D eigenvalue weighted by Crippen LogP contribution is -2.76. The highest BCUT2D eigenvalue weighted by Crippen LogP contribution is 2.63. The summed E-state index contributed by atoms with van der Waals surface area (Å²) < 4.78 is 0. The molecule has 0 amide bonds. The molecule has 2 saturated carbocycles. The molecule has 0 radical (unpaired) electrons. The predicted molar refractivity (Wildman–Crippen MR) is 150 cm³/mol. The Kier molecular flexibility index (Phi) is 6.51. The monoisotopic (exact) mass is 554 g/mol. The summed E-state index contributed by atoms with van der Waals surface area (Å²) in [5.41, 5.74) is -2.58. The van der Waals surface area contributed by atoms with Crippen molar-refractivity contribution in [2.45, 2.75) is 60.0 Å². The Morgan fingerprint density at radius 1 is 0.976 bits per heavy atom. The zero-order chi connectivity index (χ0) is 30.2. The number of hydrogen-bond acceptors (Lipinski definition) is 7. The topological polar surface area (TPSA) is 126 Å². The molecular weight excluding hydrogens is 520 g/mol. The number of benzene rings is 2. The average molecular weight is 555 g/mol. The summed E-state index contributed by atoms with van der Waals surface area (Å²) in [7, 11) is 0. The number of fused-ring (bicyclic) bond motifs is 3. The number of Topliss-reactive ketones (excluding diaryl/α,β-unsaturated/α-hetero) is 5. The molecule has 2 aromatic rings. The largest absolute Gasteiger partial charge is 0.507 e. The summed E-state index contributed by atoms with van der Waals surface area (Å²) in [6.45, 7) is 9.88. The number of hydrogen-bond donors (Lipinski definition) is 2. The molecule has 3 unspecified atom stereocenters. The minimum absolute atomic E-state index is 0.00333. The van der Waals surface area contributed by atoms with Crippen LogP contribution in [0.2, 0.25) is 0 Å². The van der Waals surface area contributed by atoms with Gasteiger partial charge in [-0.3, -0.25) is 24.0 Å². The second-order valence-electron chi connectivity index (χ2n) is 12.9. The van der Waals surface area contributed by atoms with E-state index in [0.29, 0.717) is 11.1 Å². The van der Waals surface area contributed by atoms with Crippen LogP contribution in [0.3, 0.4) is 0 Å². The van der Waals surface area contributed by atoms with E-state index < -0.39 is 69.0 Å². The van der Waals surface area contributed by atoms with Crippen LogP contribution in [0.25, 0.3) is 0 Å². The Bertz CT molecular complexity index is 1620. The molecule has 212 valence electrons. The number of ketones is 5. The highest BCUT2D eigenvalue weighted by Gasteiger charge is 2.76. The summed E-state index contributed by atoms with van der Waals surface area (Å²) in [5, 5.41) is 22.9. The fourth-order valence-corrected chi connectivity index (χ4v) is 8.10. The van der Waals surface area contributed by atoms with E-state index in [1.165, 1.54) is 6.07 Å². The maximum absolute atomic E-state index is 14.3. The van der Waals surface area contributed by atoms with Gasteiger partial charge in [0, 0.05) is 22.5 Å². The first-order chi connectivity index (χ1) is 19.1. The van der Waals surface area contributed by atoms with Crippen molar-refractivity contribution in [2.75, 3.05) is 0 Å². The molecule has 2 fully saturated rings. The Morgan fingerprint density at radius 3 is 2.22 bits per heavy atom. The number of phenols is 1. The SMILES string of the molecule is CC(=O)C1C(=O)C(C(C)C)[C@@]2(C)C[C@@]3(C)Cc4c(C#Cc5ccccc5C)ccc(O)c4C(=O)C3C(=O)[C@@]2(O)C1=O. The molecule has 0 spiro atoms. The minimum atomic E-state index is -2.71. The molecule has 0 heterocycles. The maximum atomic E-state index is 14.3. The lowest BCUT2D eigenvalue weighted by Gasteiger charge is -2.61. The molecule has 0 aromatic heterocycles. The smallest absolute Gasteiger partial charge is 0.190 e. The molecule has 3 aliphatic carbocycles. The summed E-state index contributed by atoms with van der Waals surface area (Å²) in [6.07, 6.45) is 0.162. The molecule has 7 heteroatoms. The molecule has 0 aliphatic heterocycles. The maximum Gasteiger partial charge on any atom is 0.190 e. The van der Waals surface area contributed by atoms with Gasteiger partial charge in [-0.15, -0.1) is 0 Å². The average Bonchev–Trinajstić information content (AvgIpc) is 2.86. The van der Waals surface area contributed by atoms with Crippen molar-refractivity contribution in [1.82, 2.24) is 0 Å². The van der Waals surface area contributed by atoms with E-state index in [-0.39, 0.29) is 24.2 Å². The molecule has 2 N–H and O–H groups in total. The van der Waals surface area contributed by atoms with Crippen LogP contribution in [0.4, 0.5) is 0 Å². The van der Waals surface area contributed by atoms with Crippen LogP contribution in [-0.4, -0.2) is 44.7 Å². The van der Waals surface area contributed by atoms with E-state index >= 15 is 0 Å². The fraction of sp³-hybridized carbons (Fsp3) is 0.441. The number of aliphatic hydroxyl groups is 1. The first-order valence-corrected chi connectivity index (χ1v) is 13.9. The Balaban J connectivity index is 1.70. The summed E-state index contributed by atoms with van der Waals surface area (Å²) >= 11 is 0. The van der Waals surface area contributed by atoms with Gasteiger partial charge in [0.05, 0.1) is 11.5 Å². The number of carbonyl (C=O) groups excluding carboxylic acids is 5. The van der Waals surface area contributed by atoms with Gasteiger partial charge in [-0.25, -0.2) is 0 Å². The van der Waals surface area contributed by atoms with Gasteiger partial charge in [-0.05, 0) is 67.3 Å². The third kappa shape index (κ3) is 3.80. The summed E-state index contributed by atoms with van der Waals surface area (Å²) in [5.74, 6) is -2.79. The number of carbonyl (C=O) groups is 5. The molecule has 2 aromatic carbocycles. The summed E-state index contributed by atoms with van der Waals surface area (Å²) in [4.78, 5) is 68.2. The van der Waals surface area contributed by atoms with Crippen LogP contribution in [0.1, 0.15) is 73.7 Å². The van der Waals surface area contributed by atoms with Crippen molar-refractivity contribution in [3.8, 4) is 17.6 Å². The van der Waals surface area contributed by atoms with Crippen LogP contribution in [-0.2, 0) is 25.6 Å². The lowest BCUT2D eigenvalue weighted by atomic mass is 9.40. The second-order valence-corrected chi connectivity index (χ2v) is 12.9. The minimum Gasteiger partial charge on any atom is -0.507 e. The molecular formula is C34H34O7. The van der Waals surface area contributed by atoms with Crippen molar-refractivity contribution in [3.05, 3.63) is 64.2 Å². The number of aromatic hydroxyl groups is 1. The highest BCUT2D eigenvalue weighted by molar-refractivity contribution is 6.32. The molecule has 41 heavy (non-hydrogen) atoms. The normalized spacial score (nSPS) is 32.5. The van der Waals surface area contributed by atoms with Gasteiger partial charge in [0.1, 0.15) is 17.5 Å². The quantitative estimate of drug-likeness (QED) is 0.427. The van der Waals surface area contributed by atoms with Crippen LogP contribution in [0, 0.1) is 53.3 Å². The number of aryl methyl sites for hydroxylation is 1. The van der Waals surface area contributed by atoms with E-state index in [1.807, 2.05) is 31.2 Å². The molecule has 0 saturated heterocycles. The van der Waals surface area contributed by atoms with Crippen molar-refractivity contribution in [1.29, 1.82) is 0 Å². The van der Waals surface area contributed by atoms with Gasteiger partial charge in [0.15, 0.2) is 28.7 Å². The van der Waals surface area contributed by atoms with E-state index in [1.54, 1.807) is 33.8 Å². The molecule has 5 rings (SSSR count). The van der Waals surface area contributed by atoms with Crippen LogP contribution in [0.5, 0.6) is 5.75 Å². The van der Waals surface area contributed by atoms with Gasteiger partial charge >= 0.3 is 0 Å². The molecule has 3 aliphatic rings. The number of rotatable bonds is 2. The Labute approximate surface area is 239 Å². The van der Waals surface area contributed by atoms with Crippen LogP contribution >= 0.6 is 0 Å². The van der Waals surface area contributed by atoms with Gasteiger partial charge < -0.3 is 10.2 Å². The van der Waals surface area contributed by atoms with Crippen LogP contribution in [0.15, 0.2) is 36.4 Å². The van der Waals surface area contributed by atoms with Crippen molar-refractivity contribution in [2.24, 2.45) is 34.5 Å². The molecule has 6 atom stereocenters. The third-order valence-corrected chi connectivity index (χ3v) is 9.74. The van der Waals surface area contributed by atoms with E-state index in [0.717, 1.165) is 18.1 Å². The van der Waals surface area contributed by atoms with E-state index in [9.17, 15) is 34.2 Å². The summed E-state index contributed by atoms with van der Waals surface area (Å²) in [6, 6.07) is 10.6. The number of phenolic OH excluding ortho intramolecular Hbond substituents is 1. The van der Waals surface area contributed by atoms with Crippen molar-refractivity contribution in [3.63, 3.8) is 0 Å². The lowest BCUT2D eigenvalue weighted by molar-refractivity contribution is -0.205. The standard InChI is InChI=1S/C34H34O7/c1-17(2)26-28(37)24(19(4)35)30(39)34(41)31(40)27-29(38)25-22(15-32(27,5)16-33(26,34)6)21(13-14-23(25)36)12-11-20-10-8-7-9-18(20)3/h7-10,13-14,17,24,26-27,36,41H,15-16H2,1-6H3/t24?,26?,27?,32-,33-,34+/m1/s1. The van der Waals surface area contributed by atoms with E-state index in [2.05, 4.69) is 11.8 Å². The Morgan fingerprint density at radius 2 is 1.61 bits per heavy atom. The highest BCUT2D eigenvalue weighted by atomic mass is 16.3. The molecule has 7 nitrogen and oxygen atoms in total. The van der Waals surface area contributed by atoms with Crippen molar-refractivity contribution < 1.29 is 34.2 Å². The van der Waals surface area contributed by atoms with Gasteiger partial charge in [-0.2, -0.15) is 0 Å². The first kappa shape index (κ1) is 28.6. The zero-order valence-corrected chi connectivity index (χ0v) is 24.1. The predicted octanol–water partition coefficient (Wildman–Crippen LogP) is 3.80. The van der Waals surface area contributed by atoms with E-state index in [4.69, 9.17) is 0 Å². The third-order valence-electron chi connectivity index (χ3n) is 9.74. The first-order valence-electron chi connectivity index (χ1n) is 13.9. The molecule has 0 bridgehead atoms. The Hall–Kier alpha value is -3.89. The van der Waals surface area contributed by atoms with Crippen molar-refractivity contribution >= 4 is 28.9 Å². The second kappa shape index (κ2) is 9.32. The van der Waals surface area contributed by atoms with Crippen LogP contribution < -0.4 is 0 Å². The zero-order valence-electron chi connectivity index (χ0n) is 24.1. The van der Waals surface area contributed by atoms with Gasteiger partial charge in [-0.1, -0.05) is 57.7 Å². The van der Waals surface area contributed by atoms with Gasteiger partial charge in [0.25, 0.3) is 0 Å². The van der Waals surface area contributed by atoms with Gasteiger partial charge in [0.2, 0.25) is 0 Å².